The van der Waals surface area contributed by atoms with Crippen LogP contribution in [0, 0.1) is 18.7 Å². The van der Waals surface area contributed by atoms with Gasteiger partial charge in [0.1, 0.15) is 5.82 Å². The van der Waals surface area contributed by atoms with Crippen LogP contribution in [0.25, 0.3) is 0 Å². The lowest BCUT2D eigenvalue weighted by atomic mass is 9.87. The lowest BCUT2D eigenvalue weighted by Crippen LogP contribution is -2.42. The largest absolute Gasteiger partial charge is 0.388 e. The molecule has 25 heavy (non-hydrogen) atoms. The average molecular weight is 342 g/mol. The first-order valence-corrected chi connectivity index (χ1v) is 8.59. The van der Waals surface area contributed by atoms with Gasteiger partial charge in [0.15, 0.2) is 0 Å². The first kappa shape index (κ1) is 17.4. The molecule has 0 spiro atoms. The van der Waals surface area contributed by atoms with Crippen LogP contribution >= 0.6 is 0 Å². The molecule has 5 heteroatoms. The summed E-state index contributed by atoms with van der Waals surface area (Å²) in [4.78, 5) is 14.1. The van der Waals surface area contributed by atoms with Crippen molar-refractivity contribution in [3.63, 3.8) is 0 Å². The van der Waals surface area contributed by atoms with Crippen LogP contribution in [-0.4, -0.2) is 29.1 Å². The highest BCUT2D eigenvalue weighted by atomic mass is 19.1. The molecule has 2 N–H and O–H groups in total. The van der Waals surface area contributed by atoms with Crippen molar-refractivity contribution in [2.24, 2.45) is 5.92 Å². The standard InChI is InChI=1S/C20H23FN2O2/c1-14-3-2-4-18(13-14)22-20(25)23-11-9-16(10-12-23)19(24)15-5-7-17(21)8-6-15/h2-8,13,16,19,24H,9-12H2,1H3,(H,22,25). The number of aliphatic hydroxyl groups excluding tert-OH is 1. The Bertz CT molecular complexity index is 725. The van der Waals surface area contributed by atoms with Crippen molar-refractivity contribution in [1.82, 2.24) is 4.90 Å². The molecule has 132 valence electrons. The molecule has 2 aromatic carbocycles. The van der Waals surface area contributed by atoms with Gasteiger partial charge in [-0.25, -0.2) is 9.18 Å². The zero-order chi connectivity index (χ0) is 17.8. The number of nitrogens with zero attached hydrogens (tertiary/aromatic N) is 1. The molecule has 1 fully saturated rings. The third kappa shape index (κ3) is 4.37. The first-order chi connectivity index (χ1) is 12.0. The zero-order valence-electron chi connectivity index (χ0n) is 14.3. The number of aryl methyl sites for hydroxylation is 1. The van der Waals surface area contributed by atoms with Gasteiger partial charge < -0.3 is 15.3 Å². The van der Waals surface area contributed by atoms with Crippen molar-refractivity contribution in [3.05, 3.63) is 65.5 Å². The average Bonchev–Trinajstić information content (AvgIpc) is 2.62. The number of amides is 2. The number of nitrogens with one attached hydrogen (secondary N) is 1. The number of hydrogen-bond donors (Lipinski definition) is 2. The fourth-order valence-electron chi connectivity index (χ4n) is 3.28. The van der Waals surface area contributed by atoms with Crippen molar-refractivity contribution in [1.29, 1.82) is 0 Å². The maximum Gasteiger partial charge on any atom is 0.321 e. The van der Waals surface area contributed by atoms with Crippen LogP contribution in [-0.2, 0) is 0 Å². The van der Waals surface area contributed by atoms with Crippen molar-refractivity contribution in [2.45, 2.75) is 25.9 Å². The van der Waals surface area contributed by atoms with Crippen molar-refractivity contribution in [3.8, 4) is 0 Å². The third-order valence-corrected chi connectivity index (χ3v) is 4.75. The molecular formula is C20H23FN2O2. The van der Waals surface area contributed by atoms with Crippen LogP contribution in [0.5, 0.6) is 0 Å². The van der Waals surface area contributed by atoms with Crippen molar-refractivity contribution in [2.75, 3.05) is 18.4 Å². The summed E-state index contributed by atoms with van der Waals surface area (Å²) in [5.74, 6) is -0.230. The summed E-state index contributed by atoms with van der Waals surface area (Å²) in [5.41, 5.74) is 2.61. The Balaban J connectivity index is 1.54. The Morgan fingerprint density at radius 3 is 2.52 bits per heavy atom. The first-order valence-electron chi connectivity index (χ1n) is 8.59. The third-order valence-electron chi connectivity index (χ3n) is 4.75. The van der Waals surface area contributed by atoms with E-state index in [1.54, 1.807) is 17.0 Å². The minimum absolute atomic E-state index is 0.0773. The van der Waals surface area contributed by atoms with Crippen molar-refractivity contribution < 1.29 is 14.3 Å². The molecule has 1 aliphatic rings. The number of carbonyl (C=O) groups excluding carboxylic acids is 1. The topological polar surface area (TPSA) is 52.6 Å². The molecule has 0 bridgehead atoms. The van der Waals surface area contributed by atoms with Crippen LogP contribution < -0.4 is 5.32 Å². The highest BCUT2D eigenvalue weighted by Crippen LogP contribution is 2.31. The minimum atomic E-state index is -0.623. The lowest BCUT2D eigenvalue weighted by Gasteiger charge is -2.34. The molecule has 0 aromatic heterocycles. The molecule has 2 aromatic rings. The SMILES string of the molecule is Cc1cccc(NC(=O)N2CCC(C(O)c3ccc(F)cc3)CC2)c1. The summed E-state index contributed by atoms with van der Waals surface area (Å²) in [5, 5.41) is 13.4. The smallest absolute Gasteiger partial charge is 0.321 e. The molecule has 2 amide bonds. The van der Waals surface area contributed by atoms with Gasteiger partial charge in [-0.3, -0.25) is 0 Å². The van der Waals surface area contributed by atoms with Crippen LogP contribution in [0.3, 0.4) is 0 Å². The van der Waals surface area contributed by atoms with Gasteiger partial charge in [-0.05, 0) is 61.1 Å². The van der Waals surface area contributed by atoms with Gasteiger partial charge in [0.2, 0.25) is 0 Å². The molecule has 1 heterocycles. The van der Waals surface area contributed by atoms with Gasteiger partial charge in [0.05, 0.1) is 6.10 Å². The van der Waals surface area contributed by atoms with Gasteiger partial charge in [-0.2, -0.15) is 0 Å². The molecule has 1 unspecified atom stereocenters. The Hall–Kier alpha value is -2.40. The molecule has 3 rings (SSSR count). The second kappa shape index (κ2) is 7.66. The van der Waals surface area contributed by atoms with E-state index < -0.39 is 6.10 Å². The summed E-state index contributed by atoms with van der Waals surface area (Å²) < 4.78 is 13.0. The van der Waals surface area contributed by atoms with E-state index in [2.05, 4.69) is 5.32 Å². The summed E-state index contributed by atoms with van der Waals surface area (Å²) in [7, 11) is 0. The maximum atomic E-state index is 13.0. The van der Waals surface area contributed by atoms with Crippen LogP contribution in [0.15, 0.2) is 48.5 Å². The predicted molar refractivity (Wildman–Crippen MR) is 95.9 cm³/mol. The molecule has 0 saturated carbocycles. The summed E-state index contributed by atoms with van der Waals surface area (Å²) in [6.45, 7) is 3.18. The Morgan fingerprint density at radius 2 is 1.88 bits per heavy atom. The van der Waals surface area contributed by atoms with Crippen LogP contribution in [0.4, 0.5) is 14.9 Å². The second-order valence-corrected chi connectivity index (χ2v) is 6.62. The molecule has 0 aliphatic carbocycles. The summed E-state index contributed by atoms with van der Waals surface area (Å²) in [6.07, 6.45) is 0.821. The fraction of sp³-hybridized carbons (Fsp3) is 0.350. The number of urea groups is 1. The van der Waals surface area contributed by atoms with E-state index in [0.29, 0.717) is 13.1 Å². The van der Waals surface area contributed by atoms with Crippen LogP contribution in [0.2, 0.25) is 0 Å². The number of aliphatic hydroxyl groups is 1. The minimum Gasteiger partial charge on any atom is -0.388 e. The number of rotatable bonds is 3. The maximum absolute atomic E-state index is 13.0. The normalized spacial score (nSPS) is 16.5. The van der Waals surface area contributed by atoms with E-state index in [1.807, 2.05) is 31.2 Å². The number of halogens is 1. The Morgan fingerprint density at radius 1 is 1.20 bits per heavy atom. The summed E-state index contributed by atoms with van der Waals surface area (Å²) in [6, 6.07) is 13.6. The molecule has 0 radical (unpaired) electrons. The second-order valence-electron chi connectivity index (χ2n) is 6.62. The Kier molecular flexibility index (Phi) is 5.34. The lowest BCUT2D eigenvalue weighted by molar-refractivity contribution is 0.0682. The fourth-order valence-corrected chi connectivity index (χ4v) is 3.28. The highest BCUT2D eigenvalue weighted by Gasteiger charge is 2.28. The Labute approximate surface area is 147 Å². The van der Waals surface area contributed by atoms with E-state index in [-0.39, 0.29) is 17.8 Å². The number of hydrogen-bond acceptors (Lipinski definition) is 2. The van der Waals surface area contributed by atoms with E-state index in [1.165, 1.54) is 12.1 Å². The van der Waals surface area contributed by atoms with E-state index >= 15 is 0 Å². The van der Waals surface area contributed by atoms with Gasteiger partial charge in [0, 0.05) is 18.8 Å². The molecule has 4 nitrogen and oxygen atoms in total. The number of benzene rings is 2. The van der Waals surface area contributed by atoms with Gasteiger partial charge in [-0.1, -0.05) is 24.3 Å². The number of anilines is 1. The molecule has 1 saturated heterocycles. The van der Waals surface area contributed by atoms with Gasteiger partial charge in [0.25, 0.3) is 0 Å². The number of piperidine rings is 1. The van der Waals surface area contributed by atoms with Gasteiger partial charge in [-0.15, -0.1) is 0 Å². The predicted octanol–water partition coefficient (Wildman–Crippen LogP) is 4.11. The highest BCUT2D eigenvalue weighted by molar-refractivity contribution is 5.89. The quantitative estimate of drug-likeness (QED) is 0.882. The van der Waals surface area contributed by atoms with E-state index in [4.69, 9.17) is 0 Å². The van der Waals surface area contributed by atoms with Gasteiger partial charge >= 0.3 is 6.03 Å². The summed E-state index contributed by atoms with van der Waals surface area (Å²) >= 11 is 0. The molecule has 1 aliphatic heterocycles. The van der Waals surface area contributed by atoms with Crippen LogP contribution in [0.1, 0.15) is 30.1 Å². The van der Waals surface area contributed by atoms with E-state index in [0.717, 1.165) is 29.7 Å². The van der Waals surface area contributed by atoms with Crippen molar-refractivity contribution >= 4 is 11.7 Å². The zero-order valence-corrected chi connectivity index (χ0v) is 14.3. The molecular weight excluding hydrogens is 319 g/mol. The number of likely N-dealkylation sites (tertiary alicyclic amines) is 1. The van der Waals surface area contributed by atoms with E-state index in [9.17, 15) is 14.3 Å². The monoisotopic (exact) mass is 342 g/mol. The molecule has 1 atom stereocenters. The number of carbonyl (C=O) groups is 1.